The number of carbonyl (C=O) groups is 2. The Balaban J connectivity index is 0.00000182. The van der Waals surface area contributed by atoms with Crippen LogP contribution in [0.2, 0.25) is 0 Å². The molecule has 2 atom stereocenters. The van der Waals surface area contributed by atoms with Crippen molar-refractivity contribution in [3.8, 4) is 0 Å². The Morgan fingerprint density at radius 2 is 1.96 bits per heavy atom. The summed E-state index contributed by atoms with van der Waals surface area (Å²) in [6, 6.07) is 8.08. The van der Waals surface area contributed by atoms with Gasteiger partial charge in [0.05, 0.1) is 0 Å². The van der Waals surface area contributed by atoms with Crippen LogP contribution in [0.3, 0.4) is 0 Å². The Morgan fingerprint density at radius 1 is 1.12 bits per heavy atom. The molecule has 1 aromatic rings. The lowest BCUT2D eigenvalue weighted by atomic mass is 10.1. The van der Waals surface area contributed by atoms with Crippen molar-refractivity contribution in [2.45, 2.75) is 37.8 Å². The van der Waals surface area contributed by atoms with E-state index in [2.05, 4.69) is 15.5 Å². The van der Waals surface area contributed by atoms with Gasteiger partial charge in [-0.25, -0.2) is 4.79 Å². The molecule has 0 radical (unpaired) electrons. The van der Waals surface area contributed by atoms with Crippen molar-refractivity contribution in [1.29, 1.82) is 0 Å². The fourth-order valence-corrected chi connectivity index (χ4v) is 4.15. The fraction of sp³-hybridized carbons (Fsp3) is 0.556. The van der Waals surface area contributed by atoms with E-state index in [-0.39, 0.29) is 24.3 Å². The molecule has 0 saturated carbocycles. The Morgan fingerprint density at radius 3 is 2.80 bits per heavy atom. The number of hydrogen-bond acceptors (Lipinski definition) is 3. The van der Waals surface area contributed by atoms with E-state index in [4.69, 9.17) is 0 Å². The Bertz CT molecular complexity index is 640. The van der Waals surface area contributed by atoms with E-state index in [1.54, 1.807) is 4.90 Å². The minimum Gasteiger partial charge on any atom is -0.338 e. The van der Waals surface area contributed by atoms with Gasteiger partial charge in [0, 0.05) is 43.0 Å². The van der Waals surface area contributed by atoms with Crippen LogP contribution < -0.4 is 15.5 Å². The van der Waals surface area contributed by atoms with Gasteiger partial charge in [0.25, 0.3) is 5.91 Å². The van der Waals surface area contributed by atoms with Gasteiger partial charge in [0.2, 0.25) is 0 Å². The summed E-state index contributed by atoms with van der Waals surface area (Å²) in [5, 5.41) is 6.29. The molecule has 0 spiro atoms. The Hall–Kier alpha value is -1.79. The molecule has 3 amide bonds. The first-order chi connectivity index (χ1) is 11.7. The highest BCUT2D eigenvalue weighted by molar-refractivity contribution is 5.98. The Labute approximate surface area is 154 Å². The predicted octanol–water partition coefficient (Wildman–Crippen LogP) is 1.99. The summed E-state index contributed by atoms with van der Waals surface area (Å²) >= 11 is 0. The van der Waals surface area contributed by atoms with Crippen LogP contribution in [0, 0.1) is 0 Å². The zero-order valence-corrected chi connectivity index (χ0v) is 15.1. The number of nitrogens with one attached hydrogen (secondary N) is 2. The average Bonchev–Trinajstić information content (AvgIpc) is 2.87. The number of nitrogens with zero attached hydrogens (tertiary/aromatic N) is 2. The summed E-state index contributed by atoms with van der Waals surface area (Å²) in [5.74, 6) is 0.102. The van der Waals surface area contributed by atoms with Crippen molar-refractivity contribution < 1.29 is 9.59 Å². The molecule has 0 aromatic heterocycles. The average molecular weight is 365 g/mol. The first kappa shape index (κ1) is 18.0. The quantitative estimate of drug-likeness (QED) is 0.843. The van der Waals surface area contributed by atoms with Gasteiger partial charge in [0.15, 0.2) is 0 Å². The number of urea groups is 1. The van der Waals surface area contributed by atoms with Gasteiger partial charge in [-0.1, -0.05) is 6.07 Å². The van der Waals surface area contributed by atoms with Crippen LogP contribution in [0.25, 0.3) is 0 Å². The molecular weight excluding hydrogens is 340 g/mol. The first-order valence-electron chi connectivity index (χ1n) is 8.93. The third-order valence-corrected chi connectivity index (χ3v) is 5.37. The maximum Gasteiger partial charge on any atom is 0.321 e. The number of rotatable bonds is 2. The molecule has 3 aliphatic heterocycles. The molecule has 4 rings (SSSR count). The zero-order chi connectivity index (χ0) is 16.5. The van der Waals surface area contributed by atoms with E-state index in [9.17, 15) is 9.59 Å². The number of benzene rings is 1. The van der Waals surface area contributed by atoms with Crippen LogP contribution in [0.1, 0.15) is 36.0 Å². The fourth-order valence-electron chi connectivity index (χ4n) is 4.15. The molecular formula is C18H25ClN4O2. The van der Waals surface area contributed by atoms with Crippen molar-refractivity contribution in [1.82, 2.24) is 15.5 Å². The number of amides is 3. The summed E-state index contributed by atoms with van der Waals surface area (Å²) in [7, 11) is 0. The summed E-state index contributed by atoms with van der Waals surface area (Å²) in [4.78, 5) is 29.0. The lowest BCUT2D eigenvalue weighted by molar-refractivity contribution is 0.0680. The maximum atomic E-state index is 13.1. The van der Waals surface area contributed by atoms with Crippen molar-refractivity contribution in [2.24, 2.45) is 0 Å². The highest BCUT2D eigenvalue weighted by Gasteiger charge is 2.38. The molecule has 3 saturated heterocycles. The van der Waals surface area contributed by atoms with Gasteiger partial charge in [-0.2, -0.15) is 0 Å². The summed E-state index contributed by atoms with van der Waals surface area (Å²) < 4.78 is 0. The molecule has 2 N–H and O–H groups in total. The molecule has 2 unspecified atom stereocenters. The first-order valence-corrected chi connectivity index (χ1v) is 8.93. The van der Waals surface area contributed by atoms with Crippen LogP contribution in [0.15, 0.2) is 24.3 Å². The van der Waals surface area contributed by atoms with Gasteiger partial charge >= 0.3 is 6.03 Å². The van der Waals surface area contributed by atoms with E-state index < -0.39 is 0 Å². The summed E-state index contributed by atoms with van der Waals surface area (Å²) in [6.07, 6.45) is 4.13. The topological polar surface area (TPSA) is 64.7 Å². The zero-order valence-electron chi connectivity index (χ0n) is 14.2. The molecule has 136 valence electrons. The molecule has 2 bridgehead atoms. The smallest absolute Gasteiger partial charge is 0.321 e. The third kappa shape index (κ3) is 3.46. The van der Waals surface area contributed by atoms with Crippen molar-refractivity contribution in [2.75, 3.05) is 31.1 Å². The number of halogens is 1. The number of hydrogen-bond donors (Lipinski definition) is 2. The number of anilines is 1. The van der Waals surface area contributed by atoms with E-state index in [1.165, 1.54) is 0 Å². The summed E-state index contributed by atoms with van der Waals surface area (Å²) in [5.41, 5.74) is 1.49. The van der Waals surface area contributed by atoms with Crippen molar-refractivity contribution >= 4 is 30.0 Å². The second-order valence-corrected chi connectivity index (χ2v) is 6.88. The lowest BCUT2D eigenvalue weighted by Crippen LogP contribution is -2.46. The molecule has 7 heteroatoms. The predicted molar refractivity (Wildman–Crippen MR) is 99.5 cm³/mol. The highest BCUT2D eigenvalue weighted by Crippen LogP contribution is 2.30. The standard InChI is InChI=1S/C18H24N4O2.ClH/c23-17(22-14-5-6-16(22)12-19-9-7-14)13-3-1-4-15(11-13)21-10-2-8-20-18(21)24;/h1,3-4,11,14,16,19H,2,5-10,12H2,(H,20,24);1H. The maximum absolute atomic E-state index is 13.1. The second-order valence-electron chi connectivity index (χ2n) is 6.88. The number of carbonyl (C=O) groups excluding carboxylic acids is 2. The van der Waals surface area contributed by atoms with Gasteiger partial charge in [0.1, 0.15) is 0 Å². The molecule has 6 nitrogen and oxygen atoms in total. The van der Waals surface area contributed by atoms with E-state index in [0.717, 1.165) is 51.0 Å². The highest BCUT2D eigenvalue weighted by atomic mass is 35.5. The minimum atomic E-state index is -0.0788. The van der Waals surface area contributed by atoms with Gasteiger partial charge in [-0.05, 0) is 50.4 Å². The van der Waals surface area contributed by atoms with Crippen molar-refractivity contribution in [3.05, 3.63) is 29.8 Å². The van der Waals surface area contributed by atoms with Crippen LogP contribution in [-0.2, 0) is 0 Å². The van der Waals surface area contributed by atoms with Crippen LogP contribution in [0.5, 0.6) is 0 Å². The van der Waals surface area contributed by atoms with E-state index in [0.29, 0.717) is 24.2 Å². The third-order valence-electron chi connectivity index (χ3n) is 5.37. The normalized spacial score (nSPS) is 25.8. The van der Waals surface area contributed by atoms with Gasteiger partial charge < -0.3 is 15.5 Å². The second kappa shape index (κ2) is 7.62. The van der Waals surface area contributed by atoms with Gasteiger partial charge in [-0.3, -0.25) is 9.69 Å². The molecule has 3 aliphatic rings. The minimum absolute atomic E-state index is 0. The number of fused-ring (bicyclic) bond motifs is 2. The molecule has 25 heavy (non-hydrogen) atoms. The van der Waals surface area contributed by atoms with Crippen molar-refractivity contribution in [3.63, 3.8) is 0 Å². The van der Waals surface area contributed by atoms with Gasteiger partial charge in [-0.15, -0.1) is 12.4 Å². The molecule has 3 fully saturated rings. The van der Waals surface area contributed by atoms with Crippen LogP contribution in [0.4, 0.5) is 10.5 Å². The lowest BCUT2D eigenvalue weighted by Gasteiger charge is -2.30. The molecule has 1 aromatic carbocycles. The largest absolute Gasteiger partial charge is 0.338 e. The van der Waals surface area contributed by atoms with Crippen LogP contribution >= 0.6 is 12.4 Å². The molecule has 0 aliphatic carbocycles. The monoisotopic (exact) mass is 364 g/mol. The molecule has 3 heterocycles. The summed E-state index contributed by atoms with van der Waals surface area (Å²) in [6.45, 7) is 3.29. The van der Waals surface area contributed by atoms with Crippen LogP contribution in [-0.4, -0.2) is 55.1 Å². The van der Waals surface area contributed by atoms with E-state index >= 15 is 0 Å². The van der Waals surface area contributed by atoms with E-state index in [1.807, 2.05) is 24.3 Å². The Kier molecular flexibility index (Phi) is 5.49. The SMILES string of the molecule is Cl.O=C1NCCCN1c1cccc(C(=O)N2C3CCNCC2CC3)c1.